The maximum absolute atomic E-state index is 11.9. The predicted molar refractivity (Wildman–Crippen MR) is 98.7 cm³/mol. The lowest BCUT2D eigenvalue weighted by Gasteiger charge is -2.18. The maximum atomic E-state index is 11.9. The summed E-state index contributed by atoms with van der Waals surface area (Å²) in [6.07, 6.45) is 9.39. The van der Waals surface area contributed by atoms with E-state index in [0.717, 1.165) is 30.5 Å². The van der Waals surface area contributed by atoms with Crippen LogP contribution in [0.4, 0.5) is 0 Å². The normalized spacial score (nSPS) is 19.4. The Morgan fingerprint density at radius 3 is 2.76 bits per heavy atom. The van der Waals surface area contributed by atoms with Gasteiger partial charge in [-0.15, -0.1) is 0 Å². The van der Waals surface area contributed by atoms with Crippen LogP contribution in [0.15, 0.2) is 36.4 Å². The van der Waals surface area contributed by atoms with Gasteiger partial charge in [-0.05, 0) is 48.1 Å². The number of hydrogen-bond acceptors (Lipinski definition) is 2. The Hall–Kier alpha value is -2.42. The molecule has 3 aliphatic rings. The fraction of sp³-hybridized carbons (Fsp3) is 0.364. The zero-order valence-corrected chi connectivity index (χ0v) is 14.3. The van der Waals surface area contributed by atoms with Crippen molar-refractivity contribution in [3.05, 3.63) is 70.0 Å². The fourth-order valence-electron chi connectivity index (χ4n) is 4.55. The van der Waals surface area contributed by atoms with Crippen LogP contribution in [0.2, 0.25) is 0 Å². The second-order valence-electron chi connectivity index (χ2n) is 7.41. The average molecular weight is 330 g/mol. The summed E-state index contributed by atoms with van der Waals surface area (Å²) in [5.41, 5.74) is 8.23. The largest absolute Gasteiger partial charge is 0.352 e. The Morgan fingerprint density at radius 1 is 1.04 bits per heavy atom. The van der Waals surface area contributed by atoms with Crippen LogP contribution >= 0.6 is 0 Å². The Balaban J connectivity index is 1.48. The molecule has 0 unspecified atom stereocenters. The third-order valence-electron chi connectivity index (χ3n) is 5.90. The number of nitrogens with zero attached hydrogens (tertiary/aromatic N) is 1. The van der Waals surface area contributed by atoms with Gasteiger partial charge in [0.1, 0.15) is 0 Å². The number of allylic oxidation sites excluding steroid dienone is 1. The number of pyridine rings is 1. The molecule has 0 spiro atoms. The van der Waals surface area contributed by atoms with Crippen molar-refractivity contribution in [1.82, 2.24) is 10.3 Å². The standard InChI is InChI=1S/C22H22N2O/c25-22-18-6-5-15(13-16(18)11-12-23-22)17-7-10-21-19(17)8-9-20(24-21)14-3-1-2-4-14/h5-9,13-14H,1-4,10-12H2,(H,23,25). The molecule has 3 nitrogen and oxygen atoms in total. The molecule has 1 fully saturated rings. The molecule has 1 aromatic heterocycles. The number of hydrogen-bond donors (Lipinski definition) is 1. The van der Waals surface area contributed by atoms with Gasteiger partial charge in [-0.2, -0.15) is 0 Å². The van der Waals surface area contributed by atoms with E-state index in [0.29, 0.717) is 5.92 Å². The number of benzene rings is 1. The van der Waals surface area contributed by atoms with Crippen LogP contribution in [0.5, 0.6) is 0 Å². The average Bonchev–Trinajstić information content (AvgIpc) is 3.31. The summed E-state index contributed by atoms with van der Waals surface area (Å²) < 4.78 is 0. The molecule has 2 aromatic rings. The molecule has 0 radical (unpaired) electrons. The molecule has 0 saturated heterocycles. The first-order chi connectivity index (χ1) is 12.3. The van der Waals surface area contributed by atoms with E-state index in [1.54, 1.807) is 0 Å². The van der Waals surface area contributed by atoms with Crippen LogP contribution < -0.4 is 5.32 Å². The molecule has 1 amide bonds. The Labute approximate surface area is 148 Å². The molecule has 3 heteroatoms. The molecular formula is C22H22N2O. The van der Waals surface area contributed by atoms with Crippen molar-refractivity contribution < 1.29 is 4.79 Å². The van der Waals surface area contributed by atoms with E-state index in [4.69, 9.17) is 4.98 Å². The third kappa shape index (κ3) is 2.50. The zero-order chi connectivity index (χ0) is 16.8. The number of carbonyl (C=O) groups is 1. The van der Waals surface area contributed by atoms with Gasteiger partial charge in [0, 0.05) is 35.7 Å². The van der Waals surface area contributed by atoms with Crippen LogP contribution in [-0.4, -0.2) is 17.4 Å². The summed E-state index contributed by atoms with van der Waals surface area (Å²) in [6, 6.07) is 10.7. The third-order valence-corrected chi connectivity index (χ3v) is 5.90. The number of carbonyl (C=O) groups excluding carboxylic acids is 1. The molecule has 126 valence electrons. The number of amides is 1. The lowest BCUT2D eigenvalue weighted by atomic mass is 9.93. The van der Waals surface area contributed by atoms with Gasteiger partial charge in [0.05, 0.1) is 5.69 Å². The molecule has 1 saturated carbocycles. The van der Waals surface area contributed by atoms with Crippen LogP contribution in [0, 0.1) is 0 Å². The molecule has 25 heavy (non-hydrogen) atoms. The first-order valence-corrected chi connectivity index (χ1v) is 9.41. The van der Waals surface area contributed by atoms with E-state index >= 15 is 0 Å². The highest BCUT2D eigenvalue weighted by molar-refractivity contribution is 5.97. The smallest absolute Gasteiger partial charge is 0.251 e. The van der Waals surface area contributed by atoms with E-state index in [1.807, 2.05) is 6.07 Å². The molecule has 0 bridgehead atoms. The van der Waals surface area contributed by atoms with Gasteiger partial charge in [-0.1, -0.05) is 37.1 Å². The van der Waals surface area contributed by atoms with Gasteiger partial charge in [-0.25, -0.2) is 0 Å². The van der Waals surface area contributed by atoms with E-state index in [-0.39, 0.29) is 5.91 Å². The second kappa shape index (κ2) is 5.83. The van der Waals surface area contributed by atoms with Crippen LogP contribution in [-0.2, 0) is 12.8 Å². The van der Waals surface area contributed by atoms with Gasteiger partial charge in [0.2, 0.25) is 0 Å². The number of aromatic nitrogens is 1. The Morgan fingerprint density at radius 2 is 1.88 bits per heavy atom. The first-order valence-electron chi connectivity index (χ1n) is 9.41. The molecule has 1 aliphatic heterocycles. The zero-order valence-electron chi connectivity index (χ0n) is 14.3. The highest BCUT2D eigenvalue weighted by Crippen LogP contribution is 2.37. The van der Waals surface area contributed by atoms with E-state index < -0.39 is 0 Å². The van der Waals surface area contributed by atoms with Crippen LogP contribution in [0.3, 0.4) is 0 Å². The van der Waals surface area contributed by atoms with Crippen molar-refractivity contribution in [3.8, 4) is 0 Å². The van der Waals surface area contributed by atoms with Gasteiger partial charge in [0.25, 0.3) is 5.91 Å². The molecule has 0 atom stereocenters. The Kier molecular flexibility index (Phi) is 3.47. The molecule has 2 heterocycles. The monoisotopic (exact) mass is 330 g/mol. The lowest BCUT2D eigenvalue weighted by molar-refractivity contribution is 0.0946. The highest BCUT2D eigenvalue weighted by atomic mass is 16.1. The van der Waals surface area contributed by atoms with Crippen molar-refractivity contribution in [2.45, 2.75) is 44.4 Å². The molecular weight excluding hydrogens is 308 g/mol. The van der Waals surface area contributed by atoms with Gasteiger partial charge >= 0.3 is 0 Å². The summed E-state index contributed by atoms with van der Waals surface area (Å²) in [6.45, 7) is 0.733. The quantitative estimate of drug-likeness (QED) is 0.904. The van der Waals surface area contributed by atoms with Crippen molar-refractivity contribution in [3.63, 3.8) is 0 Å². The summed E-state index contributed by atoms with van der Waals surface area (Å²) in [5.74, 6) is 0.716. The van der Waals surface area contributed by atoms with Crippen molar-refractivity contribution >= 4 is 11.5 Å². The number of rotatable bonds is 2. The van der Waals surface area contributed by atoms with E-state index in [1.165, 1.54) is 53.8 Å². The summed E-state index contributed by atoms with van der Waals surface area (Å²) in [7, 11) is 0. The summed E-state index contributed by atoms with van der Waals surface area (Å²) >= 11 is 0. The van der Waals surface area contributed by atoms with Gasteiger partial charge in [0.15, 0.2) is 0 Å². The minimum absolute atomic E-state index is 0.0523. The SMILES string of the molecule is O=C1NCCc2cc(C3=CCc4nc(C5CCCC5)ccc43)ccc21. The predicted octanol–water partition coefficient (Wildman–Crippen LogP) is 4.01. The topological polar surface area (TPSA) is 42.0 Å². The summed E-state index contributed by atoms with van der Waals surface area (Å²) in [4.78, 5) is 16.9. The minimum Gasteiger partial charge on any atom is -0.352 e. The molecule has 5 rings (SSSR count). The molecule has 1 aromatic carbocycles. The van der Waals surface area contributed by atoms with Crippen molar-refractivity contribution in [1.29, 1.82) is 0 Å². The second-order valence-corrected chi connectivity index (χ2v) is 7.41. The maximum Gasteiger partial charge on any atom is 0.251 e. The number of nitrogens with one attached hydrogen (secondary N) is 1. The highest BCUT2D eigenvalue weighted by Gasteiger charge is 2.23. The van der Waals surface area contributed by atoms with Crippen molar-refractivity contribution in [2.75, 3.05) is 6.54 Å². The van der Waals surface area contributed by atoms with Crippen LogP contribution in [0.1, 0.15) is 70.0 Å². The Bertz CT molecular complexity index is 891. The minimum atomic E-state index is 0.0523. The van der Waals surface area contributed by atoms with E-state index in [9.17, 15) is 4.79 Å². The first kappa shape index (κ1) is 14.9. The molecule has 2 aliphatic carbocycles. The van der Waals surface area contributed by atoms with E-state index in [2.05, 4.69) is 35.7 Å². The summed E-state index contributed by atoms with van der Waals surface area (Å²) in [5, 5.41) is 2.91. The molecule has 1 N–H and O–H groups in total. The van der Waals surface area contributed by atoms with Crippen molar-refractivity contribution in [2.24, 2.45) is 0 Å². The van der Waals surface area contributed by atoms with Gasteiger partial charge < -0.3 is 5.32 Å². The fourth-order valence-corrected chi connectivity index (χ4v) is 4.55. The van der Waals surface area contributed by atoms with Crippen LogP contribution in [0.25, 0.3) is 5.57 Å². The van der Waals surface area contributed by atoms with Gasteiger partial charge in [-0.3, -0.25) is 9.78 Å². The number of fused-ring (bicyclic) bond motifs is 2. The lowest BCUT2D eigenvalue weighted by Crippen LogP contribution is -2.31.